The molecule has 1 aliphatic rings. The van der Waals surface area contributed by atoms with Crippen LogP contribution in [0.15, 0.2) is 63.3 Å². The quantitative estimate of drug-likeness (QED) is 0.506. The van der Waals surface area contributed by atoms with Gasteiger partial charge in [0.25, 0.3) is 5.91 Å². The normalized spacial score (nSPS) is 16.0. The summed E-state index contributed by atoms with van der Waals surface area (Å²) >= 11 is 1.27. The Labute approximate surface area is 162 Å². The highest BCUT2D eigenvalue weighted by Crippen LogP contribution is 2.41. The van der Waals surface area contributed by atoms with Gasteiger partial charge in [-0.05, 0) is 36.8 Å². The fraction of sp³-hybridized carbons (Fsp3) is 0.0952. The topological polar surface area (TPSA) is 63.4 Å². The molecule has 7 heteroatoms. The lowest BCUT2D eigenvalue weighted by atomic mass is 9.98. The molecule has 0 fully saturated rings. The van der Waals surface area contributed by atoms with Crippen LogP contribution in [0.4, 0.5) is 9.52 Å². The van der Waals surface area contributed by atoms with Gasteiger partial charge in [0.05, 0.1) is 17.0 Å². The third-order valence-corrected chi connectivity index (χ3v) is 5.59. The molecule has 0 unspecified atom stereocenters. The van der Waals surface area contributed by atoms with Crippen molar-refractivity contribution < 1.29 is 13.6 Å². The molecule has 2 aromatic heterocycles. The number of rotatable bonds is 2. The van der Waals surface area contributed by atoms with Gasteiger partial charge in [0, 0.05) is 11.6 Å². The smallest absolute Gasteiger partial charge is 0.297 e. The largest absolute Gasteiger partial charge is 0.450 e. The molecule has 0 aliphatic carbocycles. The zero-order valence-electron chi connectivity index (χ0n) is 14.7. The first-order valence-corrected chi connectivity index (χ1v) is 9.48. The molecule has 1 amide bonds. The Balaban J connectivity index is 1.85. The zero-order valence-corrected chi connectivity index (χ0v) is 15.5. The molecule has 0 N–H and O–H groups in total. The van der Waals surface area contributed by atoms with Crippen molar-refractivity contribution in [1.82, 2.24) is 4.98 Å². The molecule has 5 nitrogen and oxygen atoms in total. The summed E-state index contributed by atoms with van der Waals surface area (Å²) in [5.41, 5.74) is 1.66. The van der Waals surface area contributed by atoms with Gasteiger partial charge in [0.1, 0.15) is 11.4 Å². The second kappa shape index (κ2) is 6.10. The molecule has 3 heterocycles. The molecule has 0 spiro atoms. The molecule has 5 rings (SSSR count). The fourth-order valence-electron chi connectivity index (χ4n) is 3.61. The van der Waals surface area contributed by atoms with Gasteiger partial charge in [-0.2, -0.15) is 0 Å². The predicted molar refractivity (Wildman–Crippen MR) is 104 cm³/mol. The third kappa shape index (κ3) is 2.40. The van der Waals surface area contributed by atoms with Crippen LogP contribution in [-0.4, -0.2) is 10.9 Å². The van der Waals surface area contributed by atoms with E-state index in [0.29, 0.717) is 21.7 Å². The molecular weight excluding hydrogens is 379 g/mol. The van der Waals surface area contributed by atoms with Crippen LogP contribution >= 0.6 is 11.3 Å². The summed E-state index contributed by atoms with van der Waals surface area (Å²) in [5, 5.41) is 2.56. The molecule has 0 radical (unpaired) electrons. The van der Waals surface area contributed by atoms with E-state index < -0.39 is 17.8 Å². The van der Waals surface area contributed by atoms with Crippen molar-refractivity contribution in [3.63, 3.8) is 0 Å². The van der Waals surface area contributed by atoms with Gasteiger partial charge in [-0.25, -0.2) is 9.37 Å². The van der Waals surface area contributed by atoms with Crippen molar-refractivity contribution in [2.45, 2.75) is 13.0 Å². The number of hydrogen-bond acceptors (Lipinski definition) is 5. The molecule has 1 atom stereocenters. The van der Waals surface area contributed by atoms with E-state index in [4.69, 9.17) is 4.42 Å². The van der Waals surface area contributed by atoms with Crippen molar-refractivity contribution in [2.75, 3.05) is 4.90 Å². The minimum absolute atomic E-state index is 0.0224. The molecule has 2 aromatic carbocycles. The van der Waals surface area contributed by atoms with E-state index in [-0.39, 0.29) is 16.8 Å². The van der Waals surface area contributed by atoms with E-state index in [1.807, 2.05) is 13.0 Å². The summed E-state index contributed by atoms with van der Waals surface area (Å²) in [6.45, 7) is 1.88. The van der Waals surface area contributed by atoms with Gasteiger partial charge in [0.2, 0.25) is 5.76 Å². The molecule has 28 heavy (non-hydrogen) atoms. The van der Waals surface area contributed by atoms with Crippen LogP contribution in [0.3, 0.4) is 0 Å². The summed E-state index contributed by atoms with van der Waals surface area (Å²) in [7, 11) is 0. The van der Waals surface area contributed by atoms with Gasteiger partial charge >= 0.3 is 0 Å². The van der Waals surface area contributed by atoms with Crippen molar-refractivity contribution >= 4 is 33.3 Å². The molecule has 0 saturated heterocycles. The Bertz CT molecular complexity index is 1300. The number of aromatic nitrogens is 1. The van der Waals surface area contributed by atoms with E-state index in [1.165, 1.54) is 28.4 Å². The standard InChI is InChI=1S/C21H13FN2O3S/c1-11-5-6-15-14(9-11)18(25)16-17(12-3-2-4-13(22)10-12)24(20(26)19(16)27-15)21-23-7-8-28-21/h2-10,17H,1H3/t17-/m1/s1. The minimum atomic E-state index is -0.800. The van der Waals surface area contributed by atoms with E-state index in [1.54, 1.807) is 35.8 Å². The van der Waals surface area contributed by atoms with Gasteiger partial charge < -0.3 is 4.42 Å². The van der Waals surface area contributed by atoms with Crippen LogP contribution in [0.1, 0.15) is 33.3 Å². The highest BCUT2D eigenvalue weighted by Gasteiger charge is 2.44. The molecule has 0 saturated carbocycles. The number of aryl methyl sites for hydroxylation is 1. The van der Waals surface area contributed by atoms with E-state index in [9.17, 15) is 14.0 Å². The van der Waals surface area contributed by atoms with Crippen LogP contribution < -0.4 is 10.3 Å². The Morgan fingerprint density at radius 2 is 2.04 bits per heavy atom. The maximum atomic E-state index is 14.0. The minimum Gasteiger partial charge on any atom is -0.450 e. The van der Waals surface area contributed by atoms with E-state index in [2.05, 4.69) is 4.98 Å². The Morgan fingerprint density at radius 3 is 2.79 bits per heavy atom. The van der Waals surface area contributed by atoms with Crippen molar-refractivity contribution in [2.24, 2.45) is 0 Å². The summed E-state index contributed by atoms with van der Waals surface area (Å²) in [4.78, 5) is 32.2. The number of benzene rings is 2. The van der Waals surface area contributed by atoms with Crippen molar-refractivity contribution in [3.8, 4) is 0 Å². The van der Waals surface area contributed by atoms with Crippen LogP contribution in [0.5, 0.6) is 0 Å². The van der Waals surface area contributed by atoms with Gasteiger partial charge in [-0.3, -0.25) is 14.5 Å². The fourth-order valence-corrected chi connectivity index (χ4v) is 4.28. The number of thiazole rings is 1. The zero-order chi connectivity index (χ0) is 19.4. The number of anilines is 1. The summed E-state index contributed by atoms with van der Waals surface area (Å²) in [5.74, 6) is -0.928. The highest BCUT2D eigenvalue weighted by molar-refractivity contribution is 7.13. The van der Waals surface area contributed by atoms with Crippen molar-refractivity contribution in [3.05, 3.63) is 92.5 Å². The van der Waals surface area contributed by atoms with Crippen LogP contribution in [-0.2, 0) is 0 Å². The maximum Gasteiger partial charge on any atom is 0.297 e. The number of halogens is 1. The van der Waals surface area contributed by atoms with Crippen LogP contribution in [0.25, 0.3) is 11.0 Å². The second-order valence-corrected chi connectivity index (χ2v) is 7.49. The second-order valence-electron chi connectivity index (χ2n) is 6.62. The number of nitrogens with zero attached hydrogens (tertiary/aromatic N) is 2. The first kappa shape index (κ1) is 16.8. The lowest BCUT2D eigenvalue weighted by Crippen LogP contribution is -2.29. The predicted octanol–water partition coefficient (Wildman–Crippen LogP) is 4.45. The van der Waals surface area contributed by atoms with E-state index in [0.717, 1.165) is 5.56 Å². The lowest BCUT2D eigenvalue weighted by Gasteiger charge is -2.22. The summed E-state index contributed by atoms with van der Waals surface area (Å²) < 4.78 is 19.8. The van der Waals surface area contributed by atoms with Gasteiger partial charge in [-0.15, -0.1) is 11.3 Å². The highest BCUT2D eigenvalue weighted by atomic mass is 32.1. The van der Waals surface area contributed by atoms with Gasteiger partial charge in [-0.1, -0.05) is 23.8 Å². The summed E-state index contributed by atoms with van der Waals surface area (Å²) in [6.07, 6.45) is 1.58. The van der Waals surface area contributed by atoms with Crippen LogP contribution in [0, 0.1) is 12.7 Å². The number of carbonyl (C=O) groups is 1. The Hall–Kier alpha value is -3.32. The number of hydrogen-bond donors (Lipinski definition) is 0. The monoisotopic (exact) mass is 392 g/mol. The first-order chi connectivity index (χ1) is 13.5. The van der Waals surface area contributed by atoms with E-state index >= 15 is 0 Å². The average Bonchev–Trinajstić information content (AvgIpc) is 3.29. The number of amides is 1. The third-order valence-electron chi connectivity index (χ3n) is 4.82. The van der Waals surface area contributed by atoms with Crippen LogP contribution in [0.2, 0.25) is 0 Å². The molecule has 0 bridgehead atoms. The number of fused-ring (bicyclic) bond motifs is 2. The molecule has 138 valence electrons. The first-order valence-electron chi connectivity index (χ1n) is 8.60. The lowest BCUT2D eigenvalue weighted by molar-refractivity contribution is 0.0971. The Kier molecular flexibility index (Phi) is 3.67. The molecule has 4 aromatic rings. The summed E-state index contributed by atoms with van der Waals surface area (Å²) in [6, 6.07) is 10.3. The molecular formula is C21H13FN2O3S. The average molecular weight is 392 g/mol. The number of carbonyl (C=O) groups excluding carboxylic acids is 1. The Morgan fingerprint density at radius 1 is 1.18 bits per heavy atom. The van der Waals surface area contributed by atoms with Crippen molar-refractivity contribution in [1.29, 1.82) is 0 Å². The SMILES string of the molecule is Cc1ccc2oc3c(c(=O)c2c1)[C@@H](c1cccc(F)c1)N(c1nccs1)C3=O. The van der Waals surface area contributed by atoms with Gasteiger partial charge in [0.15, 0.2) is 10.6 Å². The maximum absolute atomic E-state index is 14.0. The molecule has 1 aliphatic heterocycles.